The van der Waals surface area contributed by atoms with Crippen molar-refractivity contribution in [2.24, 2.45) is 0 Å². The molecule has 1 aromatic carbocycles. The Morgan fingerprint density at radius 1 is 1.30 bits per heavy atom. The van der Waals surface area contributed by atoms with Crippen LogP contribution in [0.3, 0.4) is 0 Å². The zero-order valence-corrected chi connectivity index (χ0v) is 16.0. The Bertz CT molecular complexity index is 1100. The number of amides is 1. The molecule has 27 heavy (non-hydrogen) atoms. The van der Waals surface area contributed by atoms with Gasteiger partial charge in [0.15, 0.2) is 0 Å². The highest BCUT2D eigenvalue weighted by Gasteiger charge is 2.21. The molecule has 1 N–H and O–H groups in total. The van der Waals surface area contributed by atoms with Crippen molar-refractivity contribution in [3.8, 4) is 0 Å². The van der Waals surface area contributed by atoms with E-state index in [1.54, 1.807) is 11.8 Å². The third-order valence-corrected chi connectivity index (χ3v) is 5.21. The van der Waals surface area contributed by atoms with Crippen LogP contribution in [0.2, 0.25) is 0 Å². The molecule has 0 unspecified atom stereocenters. The predicted octanol–water partition coefficient (Wildman–Crippen LogP) is 2.83. The zero-order chi connectivity index (χ0) is 19.7. The van der Waals surface area contributed by atoms with Crippen molar-refractivity contribution >= 4 is 39.1 Å². The lowest BCUT2D eigenvalue weighted by Crippen LogP contribution is -2.37. The summed E-state index contributed by atoms with van der Waals surface area (Å²) in [6.07, 6.45) is 0. The van der Waals surface area contributed by atoms with Gasteiger partial charge in [0.2, 0.25) is 5.91 Å². The van der Waals surface area contributed by atoms with E-state index in [1.165, 1.54) is 9.95 Å². The fourth-order valence-corrected chi connectivity index (χ4v) is 3.94. The van der Waals surface area contributed by atoms with Gasteiger partial charge in [-0.3, -0.25) is 14.2 Å². The Morgan fingerprint density at radius 2 is 2.04 bits per heavy atom. The maximum Gasteiger partial charge on any atom is 0.337 e. The Kier molecular flexibility index (Phi) is 5.09. The Balaban J connectivity index is 2.02. The molecule has 0 radical (unpaired) electrons. The van der Waals surface area contributed by atoms with Crippen molar-refractivity contribution in [1.82, 2.24) is 9.55 Å². The molecular formula is C19H19N3O4S. The summed E-state index contributed by atoms with van der Waals surface area (Å²) in [5.41, 5.74) is 1.19. The molecule has 8 heteroatoms. The molecule has 0 aliphatic carbocycles. The van der Waals surface area contributed by atoms with Crippen LogP contribution in [-0.4, -0.2) is 33.1 Å². The third-order valence-electron chi connectivity index (χ3n) is 4.34. The van der Waals surface area contributed by atoms with E-state index in [1.807, 2.05) is 38.1 Å². The predicted molar refractivity (Wildman–Crippen MR) is 105 cm³/mol. The first-order chi connectivity index (χ1) is 12.8. The highest BCUT2D eigenvalue weighted by Crippen LogP contribution is 2.22. The summed E-state index contributed by atoms with van der Waals surface area (Å²) in [6, 6.07) is 7.56. The summed E-state index contributed by atoms with van der Waals surface area (Å²) in [5.74, 6) is -1.07. The quantitative estimate of drug-likeness (QED) is 0.729. The Labute approximate surface area is 159 Å². The number of fused-ring (bicyclic) bond motifs is 1. The van der Waals surface area contributed by atoms with Gasteiger partial charge in [-0.1, -0.05) is 12.1 Å². The van der Waals surface area contributed by atoms with Gasteiger partial charge in [0, 0.05) is 17.6 Å². The lowest BCUT2D eigenvalue weighted by molar-refractivity contribution is -0.119. The SMILES string of the molecule is CCN(C(=O)Cn1c(C)nc2scc(C(=O)O)c2c1=O)c1cccc(C)c1. The van der Waals surface area contributed by atoms with Crippen LogP contribution in [0.4, 0.5) is 5.69 Å². The average Bonchev–Trinajstić information content (AvgIpc) is 3.03. The molecule has 0 aliphatic rings. The van der Waals surface area contributed by atoms with E-state index < -0.39 is 11.5 Å². The number of carbonyl (C=O) groups is 2. The van der Waals surface area contributed by atoms with Crippen LogP contribution in [0, 0.1) is 13.8 Å². The molecule has 1 amide bonds. The van der Waals surface area contributed by atoms with Crippen molar-refractivity contribution < 1.29 is 14.7 Å². The number of likely N-dealkylation sites (N-methyl/N-ethyl adjacent to an activating group) is 1. The van der Waals surface area contributed by atoms with Crippen LogP contribution in [0.1, 0.15) is 28.7 Å². The third kappa shape index (κ3) is 3.48. The molecule has 0 bridgehead atoms. The highest BCUT2D eigenvalue weighted by molar-refractivity contribution is 7.17. The summed E-state index contributed by atoms with van der Waals surface area (Å²) in [5, 5.41) is 10.7. The van der Waals surface area contributed by atoms with Gasteiger partial charge in [0.05, 0.1) is 10.9 Å². The lowest BCUT2D eigenvalue weighted by Gasteiger charge is -2.22. The number of hydrogen-bond donors (Lipinski definition) is 1. The van der Waals surface area contributed by atoms with Crippen molar-refractivity contribution in [3.05, 3.63) is 57.0 Å². The molecule has 3 aromatic rings. The Morgan fingerprint density at radius 3 is 2.67 bits per heavy atom. The van der Waals surface area contributed by atoms with Gasteiger partial charge < -0.3 is 10.0 Å². The monoisotopic (exact) mass is 385 g/mol. The second-order valence-electron chi connectivity index (χ2n) is 6.16. The van der Waals surface area contributed by atoms with Gasteiger partial charge in [-0.25, -0.2) is 9.78 Å². The molecule has 0 aliphatic heterocycles. The molecule has 2 aromatic heterocycles. The highest BCUT2D eigenvalue weighted by atomic mass is 32.1. The number of benzene rings is 1. The van der Waals surface area contributed by atoms with Crippen molar-refractivity contribution in [2.45, 2.75) is 27.3 Å². The molecular weight excluding hydrogens is 366 g/mol. The van der Waals surface area contributed by atoms with Crippen LogP contribution < -0.4 is 10.5 Å². The number of aromatic nitrogens is 2. The maximum absolute atomic E-state index is 12.9. The van der Waals surface area contributed by atoms with Crippen molar-refractivity contribution in [1.29, 1.82) is 0 Å². The topological polar surface area (TPSA) is 92.5 Å². The van der Waals surface area contributed by atoms with Crippen LogP contribution in [0.15, 0.2) is 34.4 Å². The molecule has 7 nitrogen and oxygen atoms in total. The summed E-state index contributed by atoms with van der Waals surface area (Å²) in [6.45, 7) is 5.68. The van der Waals surface area contributed by atoms with Gasteiger partial charge in [-0.15, -0.1) is 11.3 Å². The van der Waals surface area contributed by atoms with Gasteiger partial charge in [-0.05, 0) is 38.5 Å². The minimum atomic E-state index is -1.18. The number of rotatable bonds is 5. The smallest absolute Gasteiger partial charge is 0.337 e. The largest absolute Gasteiger partial charge is 0.478 e. The van der Waals surface area contributed by atoms with Crippen LogP contribution in [0.25, 0.3) is 10.2 Å². The first-order valence-corrected chi connectivity index (χ1v) is 9.30. The molecule has 2 heterocycles. The van der Waals surface area contributed by atoms with Crippen molar-refractivity contribution in [3.63, 3.8) is 0 Å². The van der Waals surface area contributed by atoms with Gasteiger partial charge >= 0.3 is 5.97 Å². The van der Waals surface area contributed by atoms with E-state index in [4.69, 9.17) is 0 Å². The van der Waals surface area contributed by atoms with E-state index in [0.717, 1.165) is 22.6 Å². The summed E-state index contributed by atoms with van der Waals surface area (Å²) in [7, 11) is 0. The van der Waals surface area contributed by atoms with Crippen LogP contribution >= 0.6 is 11.3 Å². The van der Waals surface area contributed by atoms with E-state index in [0.29, 0.717) is 17.2 Å². The van der Waals surface area contributed by atoms with Crippen LogP contribution in [-0.2, 0) is 11.3 Å². The summed E-state index contributed by atoms with van der Waals surface area (Å²) < 4.78 is 1.24. The lowest BCUT2D eigenvalue weighted by atomic mass is 10.2. The Hall–Kier alpha value is -3.00. The van der Waals surface area contributed by atoms with Gasteiger partial charge in [0.25, 0.3) is 5.56 Å². The average molecular weight is 385 g/mol. The number of anilines is 1. The zero-order valence-electron chi connectivity index (χ0n) is 15.2. The fraction of sp³-hybridized carbons (Fsp3) is 0.263. The van der Waals surface area contributed by atoms with Crippen LogP contribution in [0.5, 0.6) is 0 Å². The first kappa shape index (κ1) is 18.8. The molecule has 140 valence electrons. The van der Waals surface area contributed by atoms with E-state index in [-0.39, 0.29) is 23.4 Å². The second kappa shape index (κ2) is 7.32. The number of carbonyl (C=O) groups excluding carboxylic acids is 1. The normalized spacial score (nSPS) is 10.9. The molecule has 0 fully saturated rings. The number of nitrogens with zero attached hydrogens (tertiary/aromatic N) is 3. The molecule has 0 spiro atoms. The number of thiophene rings is 1. The van der Waals surface area contributed by atoms with E-state index in [9.17, 15) is 19.5 Å². The standard InChI is InChI=1S/C19H19N3O4S/c1-4-21(13-7-5-6-11(2)8-13)15(23)9-22-12(3)20-17-16(18(22)24)14(10-27-17)19(25)26/h5-8,10H,4,9H2,1-3H3,(H,25,26). The van der Waals surface area contributed by atoms with E-state index in [2.05, 4.69) is 4.98 Å². The van der Waals surface area contributed by atoms with Gasteiger partial charge in [0.1, 0.15) is 17.2 Å². The molecule has 0 saturated heterocycles. The minimum absolute atomic E-state index is 0.0458. The molecule has 0 saturated carbocycles. The molecule has 0 atom stereocenters. The van der Waals surface area contributed by atoms with Gasteiger partial charge in [-0.2, -0.15) is 0 Å². The first-order valence-electron chi connectivity index (χ1n) is 8.42. The van der Waals surface area contributed by atoms with Crippen molar-refractivity contribution in [2.75, 3.05) is 11.4 Å². The van der Waals surface area contributed by atoms with E-state index >= 15 is 0 Å². The second-order valence-corrected chi connectivity index (χ2v) is 7.02. The number of carboxylic acid groups (broad SMARTS) is 1. The fourth-order valence-electron chi connectivity index (χ4n) is 2.99. The number of carboxylic acids is 1. The summed E-state index contributed by atoms with van der Waals surface area (Å²) in [4.78, 5) is 43.4. The minimum Gasteiger partial charge on any atom is -0.478 e. The number of aryl methyl sites for hydroxylation is 2. The molecule has 3 rings (SSSR count). The summed E-state index contributed by atoms with van der Waals surface area (Å²) >= 11 is 1.11. The number of hydrogen-bond acceptors (Lipinski definition) is 5. The maximum atomic E-state index is 12.9. The number of aromatic carboxylic acids is 1.